The summed E-state index contributed by atoms with van der Waals surface area (Å²) in [5.41, 5.74) is 8.88. The number of nitrogens with zero attached hydrogens (tertiary/aromatic N) is 4. The van der Waals surface area contributed by atoms with Crippen molar-refractivity contribution in [1.82, 2.24) is 4.90 Å². The highest BCUT2D eigenvalue weighted by molar-refractivity contribution is 7.92. The summed E-state index contributed by atoms with van der Waals surface area (Å²) < 4.78 is 34.0. The molecule has 180 valence electrons. The van der Waals surface area contributed by atoms with Gasteiger partial charge in [0.15, 0.2) is 0 Å². The molecule has 2 aromatic rings. The van der Waals surface area contributed by atoms with Gasteiger partial charge in [-0.2, -0.15) is 5.26 Å². The van der Waals surface area contributed by atoms with Gasteiger partial charge in [0.25, 0.3) is 10.0 Å². The van der Waals surface area contributed by atoms with Gasteiger partial charge in [-0.1, -0.05) is 18.9 Å². The first-order valence-electron chi connectivity index (χ1n) is 11.5. The molecule has 2 heterocycles. The molecule has 10 heteroatoms. The number of nitrogens with one attached hydrogen (secondary N) is 1. The van der Waals surface area contributed by atoms with Crippen molar-refractivity contribution < 1.29 is 13.2 Å². The van der Waals surface area contributed by atoms with Gasteiger partial charge in [-0.05, 0) is 60.4 Å². The van der Waals surface area contributed by atoms with Gasteiger partial charge in [-0.3, -0.25) is 4.72 Å². The molecule has 35 heavy (non-hydrogen) atoms. The molecule has 0 aromatic heterocycles. The standard InChI is InChI=1S/C25H26N6O3S/c1-34-22-12-17(8-11-21(22)30-35(32,33)19-9-6-16(13-26)7-10-19)20-14-31(18-4-2-3-5-18)25-23(20)24(27)28-15-29-25/h6-12,14-15,18,23,25,30H,2-5H2,1H3,(H2,27,28,29). The Labute approximate surface area is 204 Å². The van der Waals surface area contributed by atoms with Gasteiger partial charge in [0, 0.05) is 12.2 Å². The number of nitrogens with two attached hydrogens (primary N) is 1. The number of sulfonamides is 1. The molecule has 1 aliphatic carbocycles. The second kappa shape index (κ2) is 9.07. The summed E-state index contributed by atoms with van der Waals surface area (Å²) in [5, 5.41) is 8.96. The number of aliphatic imine (C=N–C) groups is 2. The number of anilines is 1. The van der Waals surface area contributed by atoms with Crippen LogP contribution < -0.4 is 15.2 Å². The van der Waals surface area contributed by atoms with E-state index < -0.39 is 10.0 Å². The Morgan fingerprint density at radius 1 is 1.17 bits per heavy atom. The fourth-order valence-corrected chi connectivity index (χ4v) is 6.09. The Morgan fingerprint density at radius 2 is 1.91 bits per heavy atom. The van der Waals surface area contributed by atoms with Crippen LogP contribution >= 0.6 is 0 Å². The average molecular weight is 491 g/mol. The molecule has 9 nitrogen and oxygen atoms in total. The first-order chi connectivity index (χ1) is 16.9. The minimum absolute atomic E-state index is 0.0558. The van der Waals surface area contributed by atoms with E-state index in [1.165, 1.54) is 50.6 Å². The van der Waals surface area contributed by atoms with E-state index in [1.54, 1.807) is 6.07 Å². The lowest BCUT2D eigenvalue weighted by Gasteiger charge is -2.32. The highest BCUT2D eigenvalue weighted by atomic mass is 32.2. The van der Waals surface area contributed by atoms with Crippen LogP contribution in [-0.4, -0.2) is 44.8 Å². The molecule has 0 saturated heterocycles. The monoisotopic (exact) mass is 490 g/mol. The van der Waals surface area contributed by atoms with E-state index >= 15 is 0 Å². The predicted molar refractivity (Wildman–Crippen MR) is 134 cm³/mol. The van der Waals surface area contributed by atoms with E-state index in [0.717, 1.165) is 24.0 Å². The van der Waals surface area contributed by atoms with Gasteiger partial charge >= 0.3 is 0 Å². The van der Waals surface area contributed by atoms with Crippen molar-refractivity contribution in [2.24, 2.45) is 21.6 Å². The van der Waals surface area contributed by atoms with Crippen LogP contribution in [0.15, 0.2) is 63.5 Å². The number of benzene rings is 2. The minimum atomic E-state index is -3.87. The van der Waals surface area contributed by atoms with Crippen LogP contribution in [0.4, 0.5) is 5.69 Å². The molecule has 5 rings (SSSR count). The number of methoxy groups -OCH3 is 1. The second-order valence-electron chi connectivity index (χ2n) is 8.84. The third kappa shape index (κ3) is 4.23. The van der Waals surface area contributed by atoms with Crippen LogP contribution in [-0.2, 0) is 10.0 Å². The van der Waals surface area contributed by atoms with E-state index in [2.05, 4.69) is 25.8 Å². The Kier molecular flexibility index (Phi) is 5.94. The molecule has 0 spiro atoms. The Bertz CT molecular complexity index is 1370. The lowest BCUT2D eigenvalue weighted by Crippen LogP contribution is -2.43. The molecule has 0 radical (unpaired) electrons. The maximum atomic E-state index is 12.9. The number of rotatable bonds is 6. The Balaban J connectivity index is 1.46. The van der Waals surface area contributed by atoms with E-state index in [0.29, 0.717) is 28.9 Å². The summed E-state index contributed by atoms with van der Waals surface area (Å²) in [5.74, 6) is 0.721. The zero-order valence-electron chi connectivity index (χ0n) is 19.3. The smallest absolute Gasteiger partial charge is 0.262 e. The number of nitriles is 1. The molecule has 0 bridgehead atoms. The molecule has 3 aliphatic rings. The largest absolute Gasteiger partial charge is 0.495 e. The topological polar surface area (TPSA) is 133 Å². The Morgan fingerprint density at radius 3 is 2.60 bits per heavy atom. The molecule has 1 saturated carbocycles. The molecular formula is C25H26N6O3S. The molecule has 2 aromatic carbocycles. The molecule has 2 atom stereocenters. The van der Waals surface area contributed by atoms with E-state index in [1.807, 2.05) is 18.2 Å². The average Bonchev–Trinajstić information content (AvgIpc) is 3.53. The third-order valence-corrected chi connectivity index (χ3v) is 8.17. The van der Waals surface area contributed by atoms with Crippen LogP contribution in [0.1, 0.15) is 36.8 Å². The van der Waals surface area contributed by atoms with Crippen LogP contribution in [0, 0.1) is 17.2 Å². The first kappa shape index (κ1) is 22.9. The maximum absolute atomic E-state index is 12.9. The highest BCUT2D eigenvalue weighted by Gasteiger charge is 2.42. The van der Waals surface area contributed by atoms with E-state index in [9.17, 15) is 8.42 Å². The number of amidine groups is 1. The number of hydrogen-bond donors (Lipinski definition) is 2. The van der Waals surface area contributed by atoms with Gasteiger partial charge in [-0.15, -0.1) is 0 Å². The molecule has 1 fully saturated rings. The lowest BCUT2D eigenvalue weighted by atomic mass is 9.91. The van der Waals surface area contributed by atoms with Crippen LogP contribution in [0.3, 0.4) is 0 Å². The van der Waals surface area contributed by atoms with Gasteiger partial charge in [0.05, 0.1) is 35.2 Å². The van der Waals surface area contributed by atoms with Crippen molar-refractivity contribution in [2.75, 3.05) is 11.8 Å². The zero-order valence-corrected chi connectivity index (χ0v) is 20.1. The summed E-state index contributed by atoms with van der Waals surface area (Å²) in [6.07, 6.45) is 8.21. The summed E-state index contributed by atoms with van der Waals surface area (Å²) >= 11 is 0. The predicted octanol–water partition coefficient (Wildman–Crippen LogP) is 3.31. The van der Waals surface area contributed by atoms with Crippen molar-refractivity contribution in [2.45, 2.75) is 42.8 Å². The summed E-state index contributed by atoms with van der Waals surface area (Å²) in [6, 6.07) is 13.5. The fourth-order valence-electron chi connectivity index (χ4n) is 5.02. The quantitative estimate of drug-likeness (QED) is 0.638. The third-order valence-electron chi connectivity index (χ3n) is 6.79. The van der Waals surface area contributed by atoms with Crippen molar-refractivity contribution >= 4 is 33.5 Å². The normalized spacial score (nSPS) is 21.8. The van der Waals surface area contributed by atoms with Crippen molar-refractivity contribution in [3.05, 3.63) is 59.8 Å². The number of ether oxygens (including phenoxy) is 1. The van der Waals surface area contributed by atoms with Crippen LogP contribution in [0.5, 0.6) is 5.75 Å². The maximum Gasteiger partial charge on any atom is 0.262 e. The second-order valence-corrected chi connectivity index (χ2v) is 10.5. The summed E-state index contributed by atoms with van der Waals surface area (Å²) in [4.78, 5) is 11.3. The highest BCUT2D eigenvalue weighted by Crippen LogP contribution is 2.43. The van der Waals surface area contributed by atoms with Gasteiger partial charge in [0.2, 0.25) is 0 Å². The minimum Gasteiger partial charge on any atom is -0.495 e. The van der Waals surface area contributed by atoms with Crippen molar-refractivity contribution in [1.29, 1.82) is 5.26 Å². The first-order valence-corrected chi connectivity index (χ1v) is 12.9. The van der Waals surface area contributed by atoms with Crippen molar-refractivity contribution in [3.63, 3.8) is 0 Å². The lowest BCUT2D eigenvalue weighted by molar-refractivity contribution is 0.215. The number of hydrogen-bond acceptors (Lipinski definition) is 8. The molecule has 3 N–H and O–H groups in total. The number of fused-ring (bicyclic) bond motifs is 1. The summed E-state index contributed by atoms with van der Waals surface area (Å²) in [6.45, 7) is 0. The SMILES string of the molecule is COc1cc(C2=CN(C3CCCC3)C3N=CN=C(N)C23)ccc1NS(=O)(=O)c1ccc(C#N)cc1. The van der Waals surface area contributed by atoms with Gasteiger partial charge in [-0.25, -0.2) is 18.4 Å². The van der Waals surface area contributed by atoms with Crippen molar-refractivity contribution in [3.8, 4) is 11.8 Å². The van der Waals surface area contributed by atoms with Crippen LogP contribution in [0.25, 0.3) is 5.57 Å². The molecule has 2 aliphatic heterocycles. The molecule has 0 amide bonds. The fraction of sp³-hybridized carbons (Fsp3) is 0.320. The van der Waals surface area contributed by atoms with E-state index in [-0.39, 0.29) is 17.0 Å². The van der Waals surface area contributed by atoms with Gasteiger partial charge < -0.3 is 15.4 Å². The molecular weight excluding hydrogens is 464 g/mol. The molecule has 2 unspecified atom stereocenters. The summed E-state index contributed by atoms with van der Waals surface area (Å²) in [7, 11) is -2.37. The van der Waals surface area contributed by atoms with Gasteiger partial charge in [0.1, 0.15) is 24.1 Å². The zero-order chi connectivity index (χ0) is 24.6. The van der Waals surface area contributed by atoms with Crippen LogP contribution in [0.2, 0.25) is 0 Å². The Hall–Kier alpha value is -3.84. The van der Waals surface area contributed by atoms with E-state index in [4.69, 9.17) is 15.7 Å².